The van der Waals surface area contributed by atoms with Crippen LogP contribution in [-0.2, 0) is 11.2 Å². The van der Waals surface area contributed by atoms with Crippen molar-refractivity contribution >= 4 is 11.8 Å². The van der Waals surface area contributed by atoms with E-state index in [1.54, 1.807) is 31.4 Å². The lowest BCUT2D eigenvalue weighted by atomic mass is 10.0. The molecule has 5 heteroatoms. The van der Waals surface area contributed by atoms with Gasteiger partial charge in [0.25, 0.3) is 5.91 Å². The molecule has 0 spiro atoms. The summed E-state index contributed by atoms with van der Waals surface area (Å²) in [5.74, 6) is 0.0354. The summed E-state index contributed by atoms with van der Waals surface area (Å²) in [6.45, 7) is 1.93. The van der Waals surface area contributed by atoms with Gasteiger partial charge in [0.2, 0.25) is 5.91 Å². The van der Waals surface area contributed by atoms with Gasteiger partial charge in [0, 0.05) is 12.0 Å². The number of carbonyl (C=O) groups is 2. The Bertz CT molecular complexity index is 974. The fraction of sp³-hybridized carbons (Fsp3) is 0.200. The van der Waals surface area contributed by atoms with Crippen LogP contribution in [0, 0.1) is 0 Å². The Labute approximate surface area is 177 Å². The van der Waals surface area contributed by atoms with Gasteiger partial charge in [-0.1, -0.05) is 66.7 Å². The lowest BCUT2D eigenvalue weighted by molar-refractivity contribution is -0.123. The minimum atomic E-state index is -0.711. The third-order valence-corrected chi connectivity index (χ3v) is 4.89. The number of carbonyl (C=O) groups excluding carboxylic acids is 2. The first-order valence-electron chi connectivity index (χ1n) is 9.91. The molecule has 0 aromatic heterocycles. The molecule has 0 radical (unpaired) electrons. The van der Waals surface area contributed by atoms with E-state index in [2.05, 4.69) is 10.6 Å². The second-order valence-electron chi connectivity index (χ2n) is 7.09. The number of nitrogens with one attached hydrogen (secondary N) is 2. The monoisotopic (exact) mass is 402 g/mol. The maximum atomic E-state index is 13.1. The van der Waals surface area contributed by atoms with Gasteiger partial charge in [-0.2, -0.15) is 0 Å². The van der Waals surface area contributed by atoms with Crippen LogP contribution in [0.2, 0.25) is 0 Å². The first kappa shape index (κ1) is 21.1. The number of benzene rings is 3. The Kier molecular flexibility index (Phi) is 7.22. The summed E-state index contributed by atoms with van der Waals surface area (Å²) < 4.78 is 5.20. The van der Waals surface area contributed by atoms with Crippen molar-refractivity contribution in [3.63, 3.8) is 0 Å². The molecule has 0 aliphatic carbocycles. The molecule has 0 saturated heterocycles. The van der Waals surface area contributed by atoms with E-state index in [9.17, 15) is 9.59 Å². The summed E-state index contributed by atoms with van der Waals surface area (Å²) >= 11 is 0. The zero-order chi connectivity index (χ0) is 21.3. The SMILES string of the molecule is COc1cccc(C(=O)N[C@@H](Cc2ccccc2)C(=O)N[C@@H](C)c2ccccc2)c1. The molecule has 30 heavy (non-hydrogen) atoms. The third-order valence-electron chi connectivity index (χ3n) is 4.89. The van der Waals surface area contributed by atoms with E-state index >= 15 is 0 Å². The van der Waals surface area contributed by atoms with Gasteiger partial charge in [0.05, 0.1) is 13.2 Å². The third kappa shape index (κ3) is 5.70. The number of amides is 2. The Balaban J connectivity index is 1.77. The highest BCUT2D eigenvalue weighted by Gasteiger charge is 2.23. The summed E-state index contributed by atoms with van der Waals surface area (Å²) in [5, 5.41) is 5.90. The van der Waals surface area contributed by atoms with Crippen molar-refractivity contribution in [2.24, 2.45) is 0 Å². The summed E-state index contributed by atoms with van der Waals surface area (Å²) in [6, 6.07) is 25.4. The first-order chi connectivity index (χ1) is 14.6. The van der Waals surface area contributed by atoms with Crippen molar-refractivity contribution in [1.82, 2.24) is 10.6 Å². The molecule has 154 valence electrons. The predicted octanol–water partition coefficient (Wildman–Crippen LogP) is 3.91. The van der Waals surface area contributed by atoms with Gasteiger partial charge in [-0.05, 0) is 36.2 Å². The summed E-state index contributed by atoms with van der Waals surface area (Å²) in [7, 11) is 1.55. The molecule has 0 unspecified atom stereocenters. The number of methoxy groups -OCH3 is 1. The molecule has 0 bridgehead atoms. The largest absolute Gasteiger partial charge is 0.497 e. The molecule has 0 heterocycles. The van der Waals surface area contributed by atoms with Crippen LogP contribution in [0.5, 0.6) is 5.75 Å². The standard InChI is InChI=1S/C25H26N2O3/c1-18(20-12-7-4-8-13-20)26-25(29)23(16-19-10-5-3-6-11-19)27-24(28)21-14-9-15-22(17-21)30-2/h3-15,17-18,23H,16H2,1-2H3,(H,26,29)(H,27,28)/t18-,23-/m0/s1. The smallest absolute Gasteiger partial charge is 0.252 e. The maximum Gasteiger partial charge on any atom is 0.252 e. The van der Waals surface area contributed by atoms with Crippen molar-refractivity contribution in [3.05, 3.63) is 102 Å². The number of rotatable bonds is 8. The van der Waals surface area contributed by atoms with Gasteiger partial charge < -0.3 is 15.4 Å². The topological polar surface area (TPSA) is 67.4 Å². The van der Waals surface area contributed by atoms with Crippen LogP contribution < -0.4 is 15.4 Å². The zero-order valence-electron chi connectivity index (χ0n) is 17.2. The number of hydrogen-bond donors (Lipinski definition) is 2. The van der Waals surface area contributed by atoms with E-state index in [1.807, 2.05) is 67.6 Å². The predicted molar refractivity (Wildman–Crippen MR) is 117 cm³/mol. The van der Waals surface area contributed by atoms with Crippen molar-refractivity contribution in [2.45, 2.75) is 25.4 Å². The van der Waals surface area contributed by atoms with Gasteiger partial charge in [-0.3, -0.25) is 9.59 Å². The Morgan fingerprint density at radius 2 is 1.53 bits per heavy atom. The van der Waals surface area contributed by atoms with Crippen LogP contribution in [0.4, 0.5) is 0 Å². The molecule has 0 aliphatic rings. The fourth-order valence-corrected chi connectivity index (χ4v) is 3.20. The van der Waals surface area contributed by atoms with E-state index in [0.29, 0.717) is 17.7 Å². The molecule has 2 atom stereocenters. The molecular formula is C25H26N2O3. The molecule has 3 aromatic rings. The van der Waals surface area contributed by atoms with E-state index in [-0.39, 0.29) is 17.9 Å². The first-order valence-corrected chi connectivity index (χ1v) is 9.91. The van der Waals surface area contributed by atoms with Gasteiger partial charge in [-0.25, -0.2) is 0 Å². The molecule has 5 nitrogen and oxygen atoms in total. The van der Waals surface area contributed by atoms with E-state index in [4.69, 9.17) is 4.74 Å². The van der Waals surface area contributed by atoms with Crippen LogP contribution in [-0.4, -0.2) is 25.0 Å². The number of hydrogen-bond acceptors (Lipinski definition) is 3. The average Bonchev–Trinajstić information content (AvgIpc) is 2.79. The van der Waals surface area contributed by atoms with Crippen LogP contribution >= 0.6 is 0 Å². The molecule has 0 saturated carbocycles. The van der Waals surface area contributed by atoms with Crippen molar-refractivity contribution < 1.29 is 14.3 Å². The zero-order valence-corrected chi connectivity index (χ0v) is 17.2. The molecule has 0 fully saturated rings. The number of ether oxygens (including phenoxy) is 1. The van der Waals surface area contributed by atoms with E-state index in [0.717, 1.165) is 11.1 Å². The molecule has 2 amide bonds. The minimum Gasteiger partial charge on any atom is -0.497 e. The molecule has 3 aromatic carbocycles. The van der Waals surface area contributed by atoms with Crippen LogP contribution in [0.15, 0.2) is 84.9 Å². The minimum absolute atomic E-state index is 0.175. The highest BCUT2D eigenvalue weighted by Crippen LogP contribution is 2.15. The van der Waals surface area contributed by atoms with Gasteiger partial charge in [0.15, 0.2) is 0 Å². The van der Waals surface area contributed by atoms with Gasteiger partial charge >= 0.3 is 0 Å². The normalized spacial score (nSPS) is 12.5. The molecular weight excluding hydrogens is 376 g/mol. The highest BCUT2D eigenvalue weighted by molar-refractivity contribution is 5.98. The Morgan fingerprint density at radius 3 is 2.20 bits per heavy atom. The van der Waals surface area contributed by atoms with E-state index < -0.39 is 6.04 Å². The van der Waals surface area contributed by atoms with Crippen molar-refractivity contribution in [3.8, 4) is 5.75 Å². The van der Waals surface area contributed by atoms with Crippen LogP contribution in [0.3, 0.4) is 0 Å². The maximum absolute atomic E-state index is 13.1. The Hall–Kier alpha value is -3.60. The lowest BCUT2D eigenvalue weighted by Crippen LogP contribution is -2.48. The van der Waals surface area contributed by atoms with Gasteiger partial charge in [-0.15, -0.1) is 0 Å². The van der Waals surface area contributed by atoms with Gasteiger partial charge in [0.1, 0.15) is 11.8 Å². The van der Waals surface area contributed by atoms with Crippen LogP contribution in [0.25, 0.3) is 0 Å². The molecule has 3 rings (SSSR count). The second-order valence-corrected chi connectivity index (χ2v) is 7.09. The average molecular weight is 402 g/mol. The quantitative estimate of drug-likeness (QED) is 0.600. The molecule has 2 N–H and O–H groups in total. The fourth-order valence-electron chi connectivity index (χ4n) is 3.20. The summed E-state index contributed by atoms with van der Waals surface area (Å²) in [6.07, 6.45) is 0.393. The summed E-state index contributed by atoms with van der Waals surface area (Å²) in [5.41, 5.74) is 2.41. The Morgan fingerprint density at radius 1 is 0.867 bits per heavy atom. The van der Waals surface area contributed by atoms with E-state index in [1.165, 1.54) is 0 Å². The van der Waals surface area contributed by atoms with Crippen molar-refractivity contribution in [2.75, 3.05) is 7.11 Å². The highest BCUT2D eigenvalue weighted by atomic mass is 16.5. The molecule has 0 aliphatic heterocycles. The second kappa shape index (κ2) is 10.3. The summed E-state index contributed by atoms with van der Waals surface area (Å²) in [4.78, 5) is 25.9. The van der Waals surface area contributed by atoms with Crippen molar-refractivity contribution in [1.29, 1.82) is 0 Å². The van der Waals surface area contributed by atoms with Crippen LogP contribution in [0.1, 0.15) is 34.5 Å². The lowest BCUT2D eigenvalue weighted by Gasteiger charge is -2.22.